The zero-order valence-electron chi connectivity index (χ0n) is 10.4. The minimum Gasteiger partial charge on any atom is -0.0939 e. The Morgan fingerprint density at radius 3 is 2.07 bits per heavy atom. The first-order valence-corrected chi connectivity index (χ1v) is 8.20. The zero-order chi connectivity index (χ0) is 11.0. The van der Waals surface area contributed by atoms with E-state index in [2.05, 4.69) is 56.2 Å². The molecule has 0 aliphatic rings. The topological polar surface area (TPSA) is 0 Å². The summed E-state index contributed by atoms with van der Waals surface area (Å²) in [4.78, 5) is 0. The summed E-state index contributed by atoms with van der Waals surface area (Å²) in [6, 6.07) is 0. The third kappa shape index (κ3) is 9.26. The van der Waals surface area contributed by atoms with Crippen LogP contribution in [0.5, 0.6) is 0 Å². The summed E-state index contributed by atoms with van der Waals surface area (Å²) in [5.41, 5.74) is 0. The van der Waals surface area contributed by atoms with Crippen LogP contribution >= 0.6 is 21.6 Å². The van der Waals surface area contributed by atoms with E-state index in [1.807, 2.05) is 0 Å². The second-order valence-electron chi connectivity index (χ2n) is 4.76. The Hall–Kier alpha value is 0.700. The van der Waals surface area contributed by atoms with E-state index >= 15 is 0 Å². The molecule has 14 heavy (non-hydrogen) atoms. The van der Waals surface area contributed by atoms with Crippen molar-refractivity contribution in [1.29, 1.82) is 0 Å². The van der Waals surface area contributed by atoms with Gasteiger partial charge in [-0.3, -0.25) is 0 Å². The second-order valence-corrected chi connectivity index (χ2v) is 7.62. The van der Waals surface area contributed by atoms with Crippen LogP contribution in [0.3, 0.4) is 0 Å². The SMILES string of the molecule is CC(C)CCCCSSC(C)C(C)C. The van der Waals surface area contributed by atoms with Crippen molar-refractivity contribution >= 4 is 21.6 Å². The lowest BCUT2D eigenvalue weighted by molar-refractivity contribution is 0.552. The molecule has 0 N–H and O–H groups in total. The van der Waals surface area contributed by atoms with Gasteiger partial charge in [0.25, 0.3) is 0 Å². The molecule has 2 heteroatoms. The van der Waals surface area contributed by atoms with E-state index in [1.54, 1.807) is 0 Å². The largest absolute Gasteiger partial charge is 0.0939 e. The van der Waals surface area contributed by atoms with Gasteiger partial charge in [-0.1, -0.05) is 69.0 Å². The van der Waals surface area contributed by atoms with Gasteiger partial charge in [-0.15, -0.1) is 0 Å². The molecule has 0 aromatic carbocycles. The second kappa shape index (κ2) is 8.96. The van der Waals surface area contributed by atoms with Crippen molar-refractivity contribution < 1.29 is 0 Å². The first kappa shape index (κ1) is 14.7. The summed E-state index contributed by atoms with van der Waals surface area (Å²) in [7, 11) is 4.12. The van der Waals surface area contributed by atoms with Crippen molar-refractivity contribution in [2.24, 2.45) is 11.8 Å². The van der Waals surface area contributed by atoms with Crippen molar-refractivity contribution in [2.75, 3.05) is 5.75 Å². The molecule has 0 aliphatic carbocycles. The van der Waals surface area contributed by atoms with Crippen LogP contribution in [0.1, 0.15) is 53.9 Å². The monoisotopic (exact) mass is 234 g/mol. The molecule has 0 saturated heterocycles. The fourth-order valence-electron chi connectivity index (χ4n) is 0.980. The maximum Gasteiger partial charge on any atom is 0.0146 e. The molecule has 0 nitrogen and oxygen atoms in total. The predicted octanol–water partition coefficient (Wildman–Crippen LogP) is 5.24. The first-order chi connectivity index (χ1) is 6.54. The predicted molar refractivity (Wildman–Crippen MR) is 73.0 cm³/mol. The maximum atomic E-state index is 2.33. The fraction of sp³-hybridized carbons (Fsp3) is 1.00. The molecule has 0 bridgehead atoms. The van der Waals surface area contributed by atoms with Gasteiger partial charge in [-0.25, -0.2) is 0 Å². The quantitative estimate of drug-likeness (QED) is 0.416. The molecule has 86 valence electrons. The Morgan fingerprint density at radius 2 is 1.57 bits per heavy atom. The lowest BCUT2D eigenvalue weighted by Crippen LogP contribution is -2.03. The Balaban J connectivity index is 3.13. The van der Waals surface area contributed by atoms with E-state index in [-0.39, 0.29) is 0 Å². The van der Waals surface area contributed by atoms with Gasteiger partial charge < -0.3 is 0 Å². The molecule has 0 saturated carbocycles. The van der Waals surface area contributed by atoms with Gasteiger partial charge in [0.05, 0.1) is 0 Å². The van der Waals surface area contributed by atoms with E-state index in [0.717, 1.165) is 17.1 Å². The van der Waals surface area contributed by atoms with Crippen LogP contribution in [0.25, 0.3) is 0 Å². The summed E-state index contributed by atoms with van der Waals surface area (Å²) < 4.78 is 0. The molecule has 0 spiro atoms. The number of hydrogen-bond acceptors (Lipinski definition) is 2. The molecule has 1 atom stereocenters. The Labute approximate surface area is 98.4 Å². The third-order valence-corrected chi connectivity index (χ3v) is 5.68. The fourth-order valence-corrected chi connectivity index (χ4v) is 3.79. The Morgan fingerprint density at radius 1 is 0.929 bits per heavy atom. The highest BCUT2D eigenvalue weighted by atomic mass is 33.1. The summed E-state index contributed by atoms with van der Waals surface area (Å²) >= 11 is 0. The first-order valence-electron chi connectivity index (χ1n) is 5.82. The third-order valence-electron chi connectivity index (χ3n) is 2.42. The highest BCUT2D eigenvalue weighted by Crippen LogP contribution is 2.31. The minimum atomic E-state index is 0.796. The molecule has 0 radical (unpaired) electrons. The van der Waals surface area contributed by atoms with E-state index in [9.17, 15) is 0 Å². The van der Waals surface area contributed by atoms with Crippen LogP contribution in [0, 0.1) is 11.8 Å². The van der Waals surface area contributed by atoms with E-state index in [4.69, 9.17) is 0 Å². The summed E-state index contributed by atoms with van der Waals surface area (Å²) in [6.45, 7) is 11.6. The molecule has 0 fully saturated rings. The lowest BCUT2D eigenvalue weighted by Gasteiger charge is -2.13. The van der Waals surface area contributed by atoms with Crippen molar-refractivity contribution in [3.8, 4) is 0 Å². The van der Waals surface area contributed by atoms with Gasteiger partial charge in [0.15, 0.2) is 0 Å². The summed E-state index contributed by atoms with van der Waals surface area (Å²) in [5, 5.41) is 0.796. The minimum absolute atomic E-state index is 0.796. The molecule has 0 amide bonds. The van der Waals surface area contributed by atoms with Crippen molar-refractivity contribution in [3.63, 3.8) is 0 Å². The summed E-state index contributed by atoms with van der Waals surface area (Å²) in [6.07, 6.45) is 4.19. The van der Waals surface area contributed by atoms with Crippen LogP contribution in [0.4, 0.5) is 0 Å². The van der Waals surface area contributed by atoms with E-state index in [0.29, 0.717) is 0 Å². The molecule has 0 aromatic heterocycles. The van der Waals surface area contributed by atoms with Crippen molar-refractivity contribution in [3.05, 3.63) is 0 Å². The molecule has 0 aliphatic heterocycles. The maximum absolute atomic E-state index is 2.33. The van der Waals surface area contributed by atoms with Crippen LogP contribution in [0.2, 0.25) is 0 Å². The van der Waals surface area contributed by atoms with Gasteiger partial charge in [0.1, 0.15) is 0 Å². The van der Waals surface area contributed by atoms with E-state index in [1.165, 1.54) is 25.0 Å². The van der Waals surface area contributed by atoms with Crippen LogP contribution in [-0.4, -0.2) is 11.0 Å². The molecule has 0 heterocycles. The highest BCUT2D eigenvalue weighted by molar-refractivity contribution is 8.76. The zero-order valence-corrected chi connectivity index (χ0v) is 12.0. The molecule has 0 aromatic rings. The van der Waals surface area contributed by atoms with Gasteiger partial charge >= 0.3 is 0 Å². The summed E-state index contributed by atoms with van der Waals surface area (Å²) in [5.74, 6) is 3.01. The van der Waals surface area contributed by atoms with E-state index < -0.39 is 0 Å². The standard InChI is InChI=1S/C12H26S2/c1-10(2)8-6-7-9-13-14-12(5)11(3)4/h10-12H,6-9H2,1-5H3. The van der Waals surface area contributed by atoms with Gasteiger partial charge in [-0.2, -0.15) is 0 Å². The normalized spacial score (nSPS) is 13.9. The van der Waals surface area contributed by atoms with Gasteiger partial charge in [0.2, 0.25) is 0 Å². The van der Waals surface area contributed by atoms with Crippen LogP contribution < -0.4 is 0 Å². The number of rotatable bonds is 8. The Kier molecular flexibility index (Phi) is 9.41. The molecule has 1 unspecified atom stereocenters. The number of unbranched alkanes of at least 4 members (excludes halogenated alkanes) is 1. The van der Waals surface area contributed by atoms with Gasteiger partial charge in [0, 0.05) is 11.0 Å². The number of hydrogen-bond donors (Lipinski definition) is 0. The van der Waals surface area contributed by atoms with Crippen molar-refractivity contribution in [2.45, 2.75) is 59.1 Å². The molecular formula is C12H26S2. The smallest absolute Gasteiger partial charge is 0.0146 e. The molecule has 0 rings (SSSR count). The van der Waals surface area contributed by atoms with Gasteiger partial charge in [-0.05, 0) is 18.3 Å². The highest BCUT2D eigenvalue weighted by Gasteiger charge is 2.07. The molecular weight excluding hydrogens is 208 g/mol. The van der Waals surface area contributed by atoms with Crippen molar-refractivity contribution in [1.82, 2.24) is 0 Å². The Bertz CT molecular complexity index is 121. The van der Waals surface area contributed by atoms with Crippen LogP contribution in [-0.2, 0) is 0 Å². The average Bonchev–Trinajstić information content (AvgIpc) is 2.09. The lowest BCUT2D eigenvalue weighted by atomic mass is 10.1. The average molecular weight is 234 g/mol. The van der Waals surface area contributed by atoms with Crippen LogP contribution in [0.15, 0.2) is 0 Å².